The van der Waals surface area contributed by atoms with Crippen LogP contribution in [0.5, 0.6) is 0 Å². The number of hydrogen-bond donors (Lipinski definition) is 2. The smallest absolute Gasteiger partial charge is 0.307 e. The number of carboxylic acids is 1. The van der Waals surface area contributed by atoms with E-state index < -0.39 is 5.97 Å². The zero-order chi connectivity index (χ0) is 23.3. The van der Waals surface area contributed by atoms with Gasteiger partial charge in [0.05, 0.1) is 12.1 Å². The summed E-state index contributed by atoms with van der Waals surface area (Å²) in [6.07, 6.45) is 34.1. The van der Waals surface area contributed by atoms with E-state index in [-0.39, 0.29) is 12.2 Å². The molecule has 4 heteroatoms. The quantitative estimate of drug-likeness (QED) is 0.199. The Balaban J connectivity index is 2.09. The molecule has 2 N–H and O–H groups in total. The highest BCUT2D eigenvalue weighted by Gasteiger charge is 2.13. The normalized spacial score (nSPS) is 12.7. The third-order valence-electron chi connectivity index (χ3n) is 4.59. The number of ketones is 1. The molecule has 1 aromatic rings. The average molecular weight is 436 g/mol. The Morgan fingerprint density at radius 2 is 1.25 bits per heavy atom. The van der Waals surface area contributed by atoms with Crippen molar-refractivity contribution in [3.63, 3.8) is 0 Å². The second-order valence-electron chi connectivity index (χ2n) is 7.33. The summed E-state index contributed by atoms with van der Waals surface area (Å²) in [6.45, 7) is 2.14. The van der Waals surface area contributed by atoms with Crippen LogP contribution in [0, 0.1) is 0 Å². The van der Waals surface area contributed by atoms with Crippen molar-refractivity contribution in [3.05, 3.63) is 96.4 Å². The van der Waals surface area contributed by atoms with E-state index >= 15 is 0 Å². The van der Waals surface area contributed by atoms with Crippen LogP contribution in [-0.2, 0) is 11.2 Å². The van der Waals surface area contributed by atoms with Gasteiger partial charge < -0.3 is 10.1 Å². The van der Waals surface area contributed by atoms with Crippen LogP contribution >= 0.6 is 0 Å². The second-order valence-corrected chi connectivity index (χ2v) is 7.33. The molecule has 0 bridgehead atoms. The zero-order valence-electron chi connectivity index (χ0n) is 19.2. The Morgan fingerprint density at radius 3 is 1.72 bits per heavy atom. The number of nitrogens with one attached hydrogen (secondary N) is 1. The molecule has 4 nitrogen and oxygen atoms in total. The van der Waals surface area contributed by atoms with Gasteiger partial charge >= 0.3 is 5.97 Å². The molecule has 0 aliphatic carbocycles. The first-order valence-corrected chi connectivity index (χ1v) is 11.5. The fourth-order valence-corrected chi connectivity index (χ4v) is 2.95. The van der Waals surface area contributed by atoms with Crippen LogP contribution in [-0.4, -0.2) is 21.8 Å². The maximum atomic E-state index is 12.2. The van der Waals surface area contributed by atoms with Gasteiger partial charge in [-0.3, -0.25) is 9.59 Å². The maximum Gasteiger partial charge on any atom is 0.307 e. The van der Waals surface area contributed by atoms with Crippen molar-refractivity contribution in [2.75, 3.05) is 0 Å². The molecular weight excluding hydrogens is 398 g/mol. The van der Waals surface area contributed by atoms with Gasteiger partial charge in [0.25, 0.3) is 0 Å². The topological polar surface area (TPSA) is 70.2 Å². The molecule has 0 spiro atoms. The van der Waals surface area contributed by atoms with Gasteiger partial charge in [0.1, 0.15) is 0 Å². The van der Waals surface area contributed by atoms with E-state index in [2.05, 4.69) is 78.7 Å². The summed E-state index contributed by atoms with van der Waals surface area (Å²) < 4.78 is 0. The van der Waals surface area contributed by atoms with E-state index in [1.165, 1.54) is 0 Å². The van der Waals surface area contributed by atoms with Crippen molar-refractivity contribution in [2.45, 2.75) is 64.7 Å². The summed E-state index contributed by atoms with van der Waals surface area (Å²) >= 11 is 0. The lowest BCUT2D eigenvalue weighted by molar-refractivity contribution is -0.136. The number of aromatic nitrogens is 1. The first-order valence-electron chi connectivity index (χ1n) is 11.5. The number of rotatable bonds is 17. The van der Waals surface area contributed by atoms with E-state index in [0.29, 0.717) is 24.1 Å². The molecule has 172 valence electrons. The number of H-pyrrole nitrogens is 1. The molecule has 0 saturated carbocycles. The number of Topliss-reactive ketones (excluding diaryl/α,β-unsaturated/α-hetero) is 1. The SMILES string of the molecule is CCC=CCC=CCC=CCC=CCC=CCC=CCCC(=O)c1[nH]ccc1CC(=O)O. The Labute approximate surface area is 192 Å². The monoisotopic (exact) mass is 435 g/mol. The van der Waals surface area contributed by atoms with Crippen LogP contribution in [0.25, 0.3) is 0 Å². The van der Waals surface area contributed by atoms with E-state index in [1.54, 1.807) is 12.3 Å². The molecule has 1 aromatic heterocycles. The first kappa shape index (κ1) is 26.9. The van der Waals surface area contributed by atoms with Gasteiger partial charge in [0, 0.05) is 12.6 Å². The number of allylic oxidation sites excluding steroid dienone is 12. The summed E-state index contributed by atoms with van der Waals surface area (Å²) in [5, 5.41) is 8.88. The molecular formula is C28H37NO3. The molecule has 0 aromatic carbocycles. The number of carbonyl (C=O) groups is 2. The van der Waals surface area contributed by atoms with E-state index in [0.717, 1.165) is 38.5 Å². The Morgan fingerprint density at radius 1 is 0.781 bits per heavy atom. The van der Waals surface area contributed by atoms with E-state index in [4.69, 9.17) is 5.11 Å². The van der Waals surface area contributed by atoms with E-state index in [9.17, 15) is 9.59 Å². The third kappa shape index (κ3) is 14.0. The number of hydrogen-bond acceptors (Lipinski definition) is 2. The van der Waals surface area contributed by atoms with Crippen molar-refractivity contribution < 1.29 is 14.7 Å². The fraction of sp³-hybridized carbons (Fsp3) is 0.357. The summed E-state index contributed by atoms with van der Waals surface area (Å²) in [7, 11) is 0. The van der Waals surface area contributed by atoms with Crippen LogP contribution in [0.4, 0.5) is 0 Å². The maximum absolute atomic E-state index is 12.2. The largest absolute Gasteiger partial charge is 0.481 e. The number of carboxylic acid groups (broad SMARTS) is 1. The summed E-state index contributed by atoms with van der Waals surface area (Å²) in [5.74, 6) is -0.985. The lowest BCUT2D eigenvalue weighted by atomic mass is 10.1. The highest BCUT2D eigenvalue weighted by molar-refractivity contribution is 5.96. The molecule has 0 saturated heterocycles. The Kier molecular flexibility index (Phi) is 15.6. The Bertz CT molecular complexity index is 835. The minimum atomic E-state index is -0.935. The van der Waals surface area contributed by atoms with Crippen LogP contribution in [0.1, 0.15) is 74.3 Å². The fourth-order valence-electron chi connectivity index (χ4n) is 2.95. The standard InChI is InChI=1S/C28H37NO3/c1-2-3-4-5-6-7-8-9-10-11-12-13-14-15-16-17-18-19-20-21-26(30)28-25(22-23-29-28)24-27(31)32/h3-4,6-7,9-10,12-13,15-16,18-19,22-23,29H,2,5,8,11,14,17,20-21,24H2,1H3,(H,31,32). The van der Waals surface area contributed by atoms with Gasteiger partial charge in [0.2, 0.25) is 0 Å². The molecule has 0 aliphatic rings. The molecule has 32 heavy (non-hydrogen) atoms. The summed E-state index contributed by atoms with van der Waals surface area (Å²) in [5.41, 5.74) is 0.962. The van der Waals surface area contributed by atoms with Gasteiger partial charge in [-0.15, -0.1) is 0 Å². The summed E-state index contributed by atoms with van der Waals surface area (Å²) in [4.78, 5) is 25.9. The minimum absolute atomic E-state index is 0.0502. The van der Waals surface area contributed by atoms with Crippen molar-refractivity contribution in [3.8, 4) is 0 Å². The van der Waals surface area contributed by atoms with Gasteiger partial charge in [0.15, 0.2) is 5.78 Å². The van der Waals surface area contributed by atoms with Crippen molar-refractivity contribution in [1.29, 1.82) is 0 Å². The number of aliphatic carboxylic acids is 1. The van der Waals surface area contributed by atoms with E-state index in [1.807, 2.05) is 6.08 Å². The van der Waals surface area contributed by atoms with Crippen molar-refractivity contribution in [1.82, 2.24) is 4.98 Å². The molecule has 1 heterocycles. The van der Waals surface area contributed by atoms with Gasteiger partial charge in [-0.2, -0.15) is 0 Å². The molecule has 1 rings (SSSR count). The van der Waals surface area contributed by atoms with Crippen LogP contribution in [0.15, 0.2) is 85.2 Å². The van der Waals surface area contributed by atoms with Gasteiger partial charge in [-0.25, -0.2) is 0 Å². The number of carbonyl (C=O) groups excluding carboxylic acids is 1. The average Bonchev–Trinajstić information content (AvgIpc) is 3.22. The summed E-state index contributed by atoms with van der Waals surface area (Å²) in [6, 6.07) is 1.65. The van der Waals surface area contributed by atoms with Gasteiger partial charge in [-0.1, -0.05) is 79.8 Å². The predicted molar refractivity (Wildman–Crippen MR) is 134 cm³/mol. The predicted octanol–water partition coefficient (Wildman–Crippen LogP) is 7.30. The molecule has 0 fully saturated rings. The first-order chi connectivity index (χ1) is 15.6. The highest BCUT2D eigenvalue weighted by atomic mass is 16.4. The van der Waals surface area contributed by atoms with Crippen molar-refractivity contribution in [2.24, 2.45) is 0 Å². The highest BCUT2D eigenvalue weighted by Crippen LogP contribution is 2.12. The van der Waals surface area contributed by atoms with Crippen LogP contribution < -0.4 is 0 Å². The number of aromatic amines is 1. The van der Waals surface area contributed by atoms with Crippen LogP contribution in [0.2, 0.25) is 0 Å². The Hall–Kier alpha value is -3.14. The molecule has 0 aliphatic heterocycles. The minimum Gasteiger partial charge on any atom is -0.481 e. The van der Waals surface area contributed by atoms with Gasteiger partial charge in [-0.05, 0) is 56.6 Å². The second kappa shape index (κ2) is 18.6. The molecule has 0 unspecified atom stereocenters. The van der Waals surface area contributed by atoms with Crippen molar-refractivity contribution >= 4 is 11.8 Å². The lowest BCUT2D eigenvalue weighted by Gasteiger charge is -2.00. The zero-order valence-corrected chi connectivity index (χ0v) is 19.2. The molecule has 0 atom stereocenters. The lowest BCUT2D eigenvalue weighted by Crippen LogP contribution is -2.07. The molecule has 0 radical (unpaired) electrons. The third-order valence-corrected chi connectivity index (χ3v) is 4.59. The molecule has 0 amide bonds. The van der Waals surface area contributed by atoms with Crippen LogP contribution in [0.3, 0.4) is 0 Å².